The number of anilines is 1. The first-order chi connectivity index (χ1) is 13.0. The van der Waals surface area contributed by atoms with Gasteiger partial charge in [-0.1, -0.05) is 25.3 Å². The fourth-order valence-electron chi connectivity index (χ4n) is 3.41. The molecule has 1 aromatic heterocycles. The maximum Gasteiger partial charge on any atom is 0.256 e. The van der Waals surface area contributed by atoms with Crippen LogP contribution in [0, 0.1) is 0 Å². The summed E-state index contributed by atoms with van der Waals surface area (Å²) in [4.78, 5) is 39.0. The van der Waals surface area contributed by atoms with Crippen molar-refractivity contribution < 1.29 is 14.4 Å². The Labute approximate surface area is 163 Å². The normalized spacial score (nSPS) is 14.6. The maximum absolute atomic E-state index is 12.8. The summed E-state index contributed by atoms with van der Waals surface area (Å²) in [7, 11) is 1.86. The molecule has 1 aliphatic carbocycles. The lowest BCUT2D eigenvalue weighted by Crippen LogP contribution is -2.38. The van der Waals surface area contributed by atoms with Crippen LogP contribution in [-0.2, 0) is 0 Å². The number of amides is 2. The lowest BCUT2D eigenvalue weighted by atomic mass is 9.94. The molecule has 0 radical (unpaired) electrons. The quantitative estimate of drug-likeness (QED) is 0.766. The summed E-state index contributed by atoms with van der Waals surface area (Å²) < 4.78 is 0. The Balaban J connectivity index is 1.69. The van der Waals surface area contributed by atoms with E-state index in [2.05, 4.69) is 5.32 Å². The van der Waals surface area contributed by atoms with Crippen molar-refractivity contribution in [1.82, 2.24) is 4.90 Å². The van der Waals surface area contributed by atoms with Gasteiger partial charge in [-0.25, -0.2) is 0 Å². The van der Waals surface area contributed by atoms with Crippen LogP contribution < -0.4 is 5.32 Å². The van der Waals surface area contributed by atoms with Gasteiger partial charge in [-0.2, -0.15) is 0 Å². The third-order valence-corrected chi connectivity index (χ3v) is 6.05. The van der Waals surface area contributed by atoms with Gasteiger partial charge in [-0.3, -0.25) is 14.4 Å². The molecular formula is C21H24N2O3S. The maximum atomic E-state index is 12.8. The van der Waals surface area contributed by atoms with Gasteiger partial charge in [0.15, 0.2) is 5.78 Å². The number of nitrogens with zero attached hydrogens (tertiary/aromatic N) is 1. The number of benzene rings is 1. The first-order valence-corrected chi connectivity index (χ1v) is 10.1. The van der Waals surface area contributed by atoms with Gasteiger partial charge in [-0.05, 0) is 44.0 Å². The van der Waals surface area contributed by atoms with Gasteiger partial charge in [0.05, 0.1) is 10.4 Å². The molecule has 0 saturated heterocycles. The molecule has 27 heavy (non-hydrogen) atoms. The molecule has 2 aromatic rings. The molecule has 1 heterocycles. The first-order valence-electron chi connectivity index (χ1n) is 9.24. The van der Waals surface area contributed by atoms with Crippen molar-refractivity contribution in [3.63, 3.8) is 0 Å². The Morgan fingerprint density at radius 2 is 1.81 bits per heavy atom. The SMILES string of the molecule is CC(=O)c1cc(C(=O)Nc2cccc(C(=O)N(C)C3CCCCC3)c2)cs1. The van der Waals surface area contributed by atoms with Crippen LogP contribution in [-0.4, -0.2) is 35.6 Å². The van der Waals surface area contributed by atoms with E-state index in [9.17, 15) is 14.4 Å². The minimum absolute atomic E-state index is 0.0209. The van der Waals surface area contributed by atoms with Crippen LogP contribution in [0.4, 0.5) is 5.69 Å². The monoisotopic (exact) mass is 384 g/mol. The summed E-state index contributed by atoms with van der Waals surface area (Å²) in [5.74, 6) is -0.367. The highest BCUT2D eigenvalue weighted by Crippen LogP contribution is 2.24. The summed E-state index contributed by atoms with van der Waals surface area (Å²) in [6, 6.07) is 8.89. The van der Waals surface area contributed by atoms with Crippen LogP contribution in [0.1, 0.15) is 69.4 Å². The molecule has 3 rings (SSSR count). The molecule has 1 aromatic carbocycles. The van der Waals surface area contributed by atoms with E-state index in [4.69, 9.17) is 0 Å². The third-order valence-electron chi connectivity index (χ3n) is 5.02. The van der Waals surface area contributed by atoms with Gasteiger partial charge in [-0.15, -0.1) is 11.3 Å². The average molecular weight is 385 g/mol. The van der Waals surface area contributed by atoms with Gasteiger partial charge in [0.25, 0.3) is 11.8 Å². The predicted octanol–water partition coefficient (Wildman–Crippen LogP) is 4.61. The summed E-state index contributed by atoms with van der Waals surface area (Å²) in [5, 5.41) is 4.47. The van der Waals surface area contributed by atoms with E-state index in [-0.39, 0.29) is 17.6 Å². The molecule has 1 N–H and O–H groups in total. The summed E-state index contributed by atoms with van der Waals surface area (Å²) in [6.07, 6.45) is 5.68. The number of thiophene rings is 1. The summed E-state index contributed by atoms with van der Waals surface area (Å²) in [6.45, 7) is 1.48. The van der Waals surface area contributed by atoms with Gasteiger partial charge in [0.1, 0.15) is 0 Å². The van der Waals surface area contributed by atoms with Crippen molar-refractivity contribution >= 4 is 34.6 Å². The molecule has 6 heteroatoms. The largest absolute Gasteiger partial charge is 0.339 e. The Morgan fingerprint density at radius 3 is 2.48 bits per heavy atom. The number of rotatable bonds is 5. The number of nitrogens with one attached hydrogen (secondary N) is 1. The molecule has 1 saturated carbocycles. The first kappa shape index (κ1) is 19.3. The van der Waals surface area contributed by atoms with Crippen LogP contribution in [0.15, 0.2) is 35.7 Å². The molecule has 5 nitrogen and oxygen atoms in total. The minimum Gasteiger partial charge on any atom is -0.339 e. The molecule has 2 amide bonds. The summed E-state index contributed by atoms with van der Waals surface area (Å²) >= 11 is 1.25. The highest BCUT2D eigenvalue weighted by molar-refractivity contribution is 7.12. The molecule has 1 fully saturated rings. The van der Waals surface area contributed by atoms with Crippen molar-refractivity contribution in [2.24, 2.45) is 0 Å². The lowest BCUT2D eigenvalue weighted by molar-refractivity contribution is 0.0696. The Morgan fingerprint density at radius 1 is 1.07 bits per heavy atom. The van der Waals surface area contributed by atoms with Crippen LogP contribution in [0.2, 0.25) is 0 Å². The highest BCUT2D eigenvalue weighted by atomic mass is 32.1. The van der Waals surface area contributed by atoms with Crippen LogP contribution in [0.3, 0.4) is 0 Å². The van der Waals surface area contributed by atoms with E-state index < -0.39 is 0 Å². The molecule has 1 aliphatic rings. The van der Waals surface area contributed by atoms with Gasteiger partial charge in [0, 0.05) is 29.7 Å². The number of ketones is 1. The highest BCUT2D eigenvalue weighted by Gasteiger charge is 2.23. The van der Waals surface area contributed by atoms with E-state index in [1.165, 1.54) is 37.5 Å². The zero-order chi connectivity index (χ0) is 19.4. The second kappa shape index (κ2) is 8.48. The Hall–Kier alpha value is -2.47. The minimum atomic E-state index is -0.288. The molecule has 0 unspecified atom stereocenters. The second-order valence-electron chi connectivity index (χ2n) is 7.00. The van der Waals surface area contributed by atoms with E-state index in [0.717, 1.165) is 12.8 Å². The fourth-order valence-corrected chi connectivity index (χ4v) is 4.20. The number of carbonyl (C=O) groups excluding carboxylic acids is 3. The number of carbonyl (C=O) groups is 3. The van der Waals surface area contributed by atoms with Gasteiger partial charge in [0.2, 0.25) is 0 Å². The Kier molecular flexibility index (Phi) is 6.06. The lowest BCUT2D eigenvalue weighted by Gasteiger charge is -2.31. The van der Waals surface area contributed by atoms with E-state index in [1.54, 1.807) is 35.7 Å². The number of hydrogen-bond acceptors (Lipinski definition) is 4. The van der Waals surface area contributed by atoms with E-state index in [0.29, 0.717) is 27.7 Å². The van der Waals surface area contributed by atoms with Crippen molar-refractivity contribution in [3.05, 3.63) is 51.7 Å². The predicted molar refractivity (Wildman–Crippen MR) is 108 cm³/mol. The molecule has 0 aliphatic heterocycles. The van der Waals surface area contributed by atoms with E-state index in [1.807, 2.05) is 11.9 Å². The van der Waals surface area contributed by atoms with Crippen molar-refractivity contribution in [1.29, 1.82) is 0 Å². The Bertz CT molecular complexity index is 853. The number of hydrogen-bond donors (Lipinski definition) is 1. The van der Waals surface area contributed by atoms with E-state index >= 15 is 0 Å². The molecule has 142 valence electrons. The van der Waals surface area contributed by atoms with Crippen molar-refractivity contribution in [3.8, 4) is 0 Å². The van der Waals surface area contributed by atoms with Crippen LogP contribution >= 0.6 is 11.3 Å². The van der Waals surface area contributed by atoms with Gasteiger partial charge >= 0.3 is 0 Å². The second-order valence-corrected chi connectivity index (χ2v) is 7.91. The standard InChI is InChI=1S/C21H24N2O3S/c1-14(24)19-12-16(13-27-19)20(25)22-17-8-6-7-15(11-17)21(26)23(2)18-9-4-3-5-10-18/h6-8,11-13,18H,3-5,9-10H2,1-2H3,(H,22,25). The number of Topliss-reactive ketones (excluding diaryl/α,β-unsaturated/α-hetero) is 1. The topological polar surface area (TPSA) is 66.5 Å². The molecule has 0 bridgehead atoms. The van der Waals surface area contributed by atoms with Gasteiger partial charge < -0.3 is 10.2 Å². The smallest absolute Gasteiger partial charge is 0.256 e. The zero-order valence-electron chi connectivity index (χ0n) is 15.7. The molecule has 0 atom stereocenters. The molecule has 0 spiro atoms. The zero-order valence-corrected chi connectivity index (χ0v) is 16.5. The van der Waals surface area contributed by atoms with Crippen LogP contribution in [0.5, 0.6) is 0 Å². The van der Waals surface area contributed by atoms with Crippen molar-refractivity contribution in [2.45, 2.75) is 45.1 Å². The fraction of sp³-hybridized carbons (Fsp3) is 0.381. The van der Waals surface area contributed by atoms with Crippen molar-refractivity contribution in [2.75, 3.05) is 12.4 Å². The molecular weight excluding hydrogens is 360 g/mol. The van der Waals surface area contributed by atoms with Crippen LogP contribution in [0.25, 0.3) is 0 Å². The average Bonchev–Trinajstić information content (AvgIpc) is 3.18. The third kappa shape index (κ3) is 4.63. The summed E-state index contributed by atoms with van der Waals surface area (Å²) in [5.41, 5.74) is 1.58.